The number of hydrogen-bond donors (Lipinski definition) is 2. The molecule has 38 heavy (non-hydrogen) atoms. The molecule has 198 valence electrons. The Labute approximate surface area is 225 Å². The van der Waals surface area contributed by atoms with Crippen molar-refractivity contribution in [1.29, 1.82) is 0 Å². The van der Waals surface area contributed by atoms with Crippen LogP contribution in [0.3, 0.4) is 0 Å². The maximum Gasteiger partial charge on any atom is 0.265 e. The lowest BCUT2D eigenvalue weighted by atomic mass is 10.1. The van der Waals surface area contributed by atoms with Gasteiger partial charge in [-0.2, -0.15) is 4.98 Å². The number of halogens is 2. The summed E-state index contributed by atoms with van der Waals surface area (Å²) in [6.07, 6.45) is 3.82. The van der Waals surface area contributed by atoms with Crippen molar-refractivity contribution in [2.75, 3.05) is 60.0 Å². The van der Waals surface area contributed by atoms with Crippen molar-refractivity contribution in [1.82, 2.24) is 14.9 Å². The van der Waals surface area contributed by atoms with Gasteiger partial charge in [0.15, 0.2) is 0 Å². The molecular formula is C27H29ClFN7O2. The molecule has 6 rings (SSSR count). The van der Waals surface area contributed by atoms with Gasteiger partial charge in [0.05, 0.1) is 18.3 Å². The monoisotopic (exact) mass is 537 g/mol. The van der Waals surface area contributed by atoms with Gasteiger partial charge in [-0.05, 0) is 49.2 Å². The average Bonchev–Trinajstić information content (AvgIpc) is 3.13. The SMILES string of the molecule is CN1CN(c2c(F)cccc2Cl)C(=O)c2cnc(Nc3ccc(N4CC5CCC(C4)N5CCO)cc3)nc21. The minimum Gasteiger partial charge on any atom is -0.395 e. The van der Waals surface area contributed by atoms with E-state index >= 15 is 0 Å². The number of nitrogens with one attached hydrogen (secondary N) is 1. The van der Waals surface area contributed by atoms with E-state index in [-0.39, 0.29) is 29.5 Å². The Bertz CT molecular complexity index is 1320. The number of nitrogens with zero attached hydrogens (tertiary/aromatic N) is 6. The average molecular weight is 538 g/mol. The number of fused-ring (bicyclic) bond motifs is 3. The Morgan fingerprint density at radius 1 is 1.13 bits per heavy atom. The second-order valence-corrected chi connectivity index (χ2v) is 10.4. The molecule has 4 heterocycles. The van der Waals surface area contributed by atoms with E-state index in [4.69, 9.17) is 11.6 Å². The highest BCUT2D eigenvalue weighted by Gasteiger charge is 2.39. The Balaban J connectivity index is 1.16. The molecular weight excluding hydrogens is 509 g/mol. The van der Waals surface area contributed by atoms with Crippen LogP contribution in [-0.2, 0) is 0 Å². The van der Waals surface area contributed by atoms with Gasteiger partial charge >= 0.3 is 0 Å². The van der Waals surface area contributed by atoms with Gasteiger partial charge in [0.25, 0.3) is 5.91 Å². The van der Waals surface area contributed by atoms with Crippen molar-refractivity contribution in [3.05, 3.63) is 65.1 Å². The van der Waals surface area contributed by atoms with Crippen LogP contribution in [0.25, 0.3) is 0 Å². The maximum atomic E-state index is 14.5. The van der Waals surface area contributed by atoms with Gasteiger partial charge in [-0.25, -0.2) is 9.37 Å². The number of benzene rings is 2. The molecule has 2 N–H and O–H groups in total. The number of hydrogen-bond acceptors (Lipinski definition) is 8. The lowest BCUT2D eigenvalue weighted by Crippen LogP contribution is -2.54. The first-order chi connectivity index (χ1) is 18.4. The van der Waals surface area contributed by atoms with Gasteiger partial charge in [-0.3, -0.25) is 14.6 Å². The summed E-state index contributed by atoms with van der Waals surface area (Å²) in [6.45, 7) is 2.99. The summed E-state index contributed by atoms with van der Waals surface area (Å²) >= 11 is 6.21. The second kappa shape index (κ2) is 10.0. The molecule has 2 saturated heterocycles. The fourth-order valence-corrected chi connectivity index (χ4v) is 6.11. The maximum absolute atomic E-state index is 14.5. The third-order valence-corrected chi connectivity index (χ3v) is 7.95. The summed E-state index contributed by atoms with van der Waals surface area (Å²) in [5.41, 5.74) is 2.32. The Kier molecular flexibility index (Phi) is 6.55. The summed E-state index contributed by atoms with van der Waals surface area (Å²) < 4.78 is 14.5. The van der Waals surface area contributed by atoms with E-state index in [1.165, 1.54) is 41.8 Å². The van der Waals surface area contributed by atoms with Crippen molar-refractivity contribution in [3.63, 3.8) is 0 Å². The molecule has 3 aliphatic rings. The van der Waals surface area contributed by atoms with Crippen molar-refractivity contribution in [3.8, 4) is 0 Å². The third-order valence-electron chi connectivity index (χ3n) is 7.65. The number of aliphatic hydroxyl groups is 1. The van der Waals surface area contributed by atoms with Gasteiger partial charge < -0.3 is 20.2 Å². The van der Waals surface area contributed by atoms with E-state index in [0.717, 1.165) is 25.3 Å². The summed E-state index contributed by atoms with van der Waals surface area (Å²) in [4.78, 5) is 30.0. The number of anilines is 5. The number of carbonyl (C=O) groups is 1. The minimum absolute atomic E-state index is 0.0433. The molecule has 9 nitrogen and oxygen atoms in total. The zero-order valence-corrected chi connectivity index (χ0v) is 21.8. The lowest BCUT2D eigenvalue weighted by molar-refractivity contribution is 0.0981. The fourth-order valence-electron chi connectivity index (χ4n) is 5.85. The Morgan fingerprint density at radius 2 is 1.87 bits per heavy atom. The van der Waals surface area contributed by atoms with Crippen LogP contribution in [0.1, 0.15) is 23.2 Å². The van der Waals surface area contributed by atoms with Crippen LogP contribution in [0.15, 0.2) is 48.7 Å². The highest BCUT2D eigenvalue weighted by atomic mass is 35.5. The van der Waals surface area contributed by atoms with Gasteiger partial charge in [-0.15, -0.1) is 0 Å². The van der Waals surface area contributed by atoms with Gasteiger partial charge in [0.2, 0.25) is 5.95 Å². The van der Waals surface area contributed by atoms with E-state index in [0.29, 0.717) is 23.8 Å². The molecule has 2 bridgehead atoms. The zero-order chi connectivity index (χ0) is 26.4. The van der Waals surface area contributed by atoms with Gasteiger partial charge in [-0.1, -0.05) is 17.7 Å². The summed E-state index contributed by atoms with van der Waals surface area (Å²) in [5, 5.41) is 12.8. The van der Waals surface area contributed by atoms with E-state index in [1.54, 1.807) is 18.0 Å². The molecule has 2 unspecified atom stereocenters. The van der Waals surface area contributed by atoms with E-state index in [9.17, 15) is 14.3 Å². The molecule has 3 aliphatic heterocycles. The number of carbonyl (C=O) groups excluding carboxylic acids is 1. The molecule has 2 fully saturated rings. The van der Waals surface area contributed by atoms with E-state index in [2.05, 4.69) is 37.2 Å². The minimum atomic E-state index is -0.565. The molecule has 1 aromatic heterocycles. The molecule has 3 aromatic rings. The number of piperazine rings is 1. The lowest BCUT2D eigenvalue weighted by Gasteiger charge is -2.42. The van der Waals surface area contributed by atoms with Crippen molar-refractivity contribution in [2.45, 2.75) is 24.9 Å². The normalized spacial score (nSPS) is 21.2. The molecule has 2 aromatic carbocycles. The molecule has 11 heteroatoms. The van der Waals surface area contributed by atoms with Crippen LogP contribution in [-0.4, -0.2) is 77.9 Å². The standard InChI is InChI=1S/C27H29ClFN7O2/c1-33-16-36(24-22(28)3-2-4-23(24)29)26(38)21-13-30-27(32-25(21)33)31-17-5-7-18(8-6-17)34-14-19-9-10-20(15-34)35(19)11-12-37/h2-8,13,19-20,37H,9-12,14-16H2,1H3,(H,30,31,32). The summed E-state index contributed by atoms with van der Waals surface area (Å²) in [7, 11) is 1.78. The molecule has 0 aliphatic carbocycles. The highest BCUT2D eigenvalue weighted by molar-refractivity contribution is 6.34. The van der Waals surface area contributed by atoms with Crippen LogP contribution >= 0.6 is 11.6 Å². The number of amides is 1. The van der Waals surface area contributed by atoms with Crippen molar-refractivity contribution in [2.24, 2.45) is 0 Å². The van der Waals surface area contributed by atoms with Crippen molar-refractivity contribution >= 4 is 46.3 Å². The van der Waals surface area contributed by atoms with Gasteiger partial charge in [0, 0.05) is 56.3 Å². The predicted octanol–water partition coefficient (Wildman–Crippen LogP) is 3.71. The second-order valence-electron chi connectivity index (χ2n) is 10.00. The molecule has 1 amide bonds. The molecule has 0 radical (unpaired) electrons. The number of rotatable bonds is 6. The van der Waals surface area contributed by atoms with Gasteiger partial charge in [0.1, 0.15) is 22.9 Å². The number of para-hydroxylation sites is 1. The Hall–Kier alpha value is -3.47. The first-order valence-corrected chi connectivity index (χ1v) is 13.1. The summed E-state index contributed by atoms with van der Waals surface area (Å²) in [5.74, 6) is -0.146. The fraction of sp³-hybridized carbons (Fsp3) is 0.370. The topological polar surface area (TPSA) is 88.1 Å². The number of aromatic nitrogens is 2. The van der Waals surface area contributed by atoms with E-state index < -0.39 is 11.7 Å². The number of aliphatic hydroxyl groups excluding tert-OH is 1. The smallest absolute Gasteiger partial charge is 0.265 e. The van der Waals surface area contributed by atoms with Crippen LogP contribution < -0.4 is 20.0 Å². The summed E-state index contributed by atoms with van der Waals surface area (Å²) in [6, 6.07) is 13.5. The third kappa shape index (κ3) is 4.42. The first-order valence-electron chi connectivity index (χ1n) is 12.8. The highest BCUT2D eigenvalue weighted by Crippen LogP contribution is 2.35. The van der Waals surface area contributed by atoms with Crippen molar-refractivity contribution < 1.29 is 14.3 Å². The van der Waals surface area contributed by atoms with Crippen LogP contribution in [0, 0.1) is 5.82 Å². The van der Waals surface area contributed by atoms with Crippen LogP contribution in [0.4, 0.5) is 33.2 Å². The van der Waals surface area contributed by atoms with E-state index in [1.807, 2.05) is 12.1 Å². The predicted molar refractivity (Wildman–Crippen MR) is 146 cm³/mol. The molecule has 2 atom stereocenters. The van der Waals surface area contributed by atoms with Crippen LogP contribution in [0.5, 0.6) is 0 Å². The zero-order valence-electron chi connectivity index (χ0n) is 21.0. The molecule has 0 saturated carbocycles. The molecule has 0 spiro atoms. The largest absolute Gasteiger partial charge is 0.395 e. The first kappa shape index (κ1) is 24.8. The quantitative estimate of drug-likeness (QED) is 0.492. The van der Waals surface area contributed by atoms with Crippen LogP contribution in [0.2, 0.25) is 5.02 Å². The Morgan fingerprint density at radius 3 is 2.55 bits per heavy atom.